The Morgan fingerprint density at radius 2 is 1.90 bits per heavy atom. The Labute approximate surface area is 127 Å². The zero-order chi connectivity index (χ0) is 15.6. The van der Waals surface area contributed by atoms with Crippen LogP contribution in [-0.4, -0.2) is 28.6 Å². The normalized spacial score (nSPS) is 16.3. The fourth-order valence-corrected chi connectivity index (χ4v) is 3.21. The molecule has 0 amide bonds. The standard InChI is InChI=1S/C18H27NO2/c1-6-18(5,19(7-2)8-3)17(20)15-12-14-11-9-10-13(4)16(14)21-15/h9-12,17,20H,6-8H2,1-5H3. The van der Waals surface area contributed by atoms with Gasteiger partial charge in [0.1, 0.15) is 17.4 Å². The van der Waals surface area contributed by atoms with Crippen LogP contribution in [0.1, 0.15) is 51.5 Å². The number of rotatable bonds is 6. The van der Waals surface area contributed by atoms with Crippen molar-refractivity contribution in [1.82, 2.24) is 4.90 Å². The minimum absolute atomic E-state index is 0.314. The van der Waals surface area contributed by atoms with Gasteiger partial charge in [-0.1, -0.05) is 39.0 Å². The number of aryl methyl sites for hydroxylation is 1. The molecule has 116 valence electrons. The van der Waals surface area contributed by atoms with Crippen molar-refractivity contribution in [3.05, 3.63) is 35.6 Å². The minimum Gasteiger partial charge on any atom is -0.458 e. The Morgan fingerprint density at radius 3 is 2.43 bits per heavy atom. The maximum Gasteiger partial charge on any atom is 0.137 e. The van der Waals surface area contributed by atoms with Crippen molar-refractivity contribution in [2.45, 2.75) is 52.7 Å². The maximum atomic E-state index is 10.9. The molecule has 3 heteroatoms. The Morgan fingerprint density at radius 1 is 1.24 bits per heavy atom. The summed E-state index contributed by atoms with van der Waals surface area (Å²) in [5.74, 6) is 0.663. The third kappa shape index (κ3) is 2.72. The van der Waals surface area contributed by atoms with Crippen LogP contribution in [0.2, 0.25) is 0 Å². The first-order chi connectivity index (χ1) is 9.97. The van der Waals surface area contributed by atoms with Crippen LogP contribution in [0.3, 0.4) is 0 Å². The van der Waals surface area contributed by atoms with Gasteiger partial charge in [-0.05, 0) is 45.0 Å². The predicted molar refractivity (Wildman–Crippen MR) is 87.5 cm³/mol. The summed E-state index contributed by atoms with van der Waals surface area (Å²) in [7, 11) is 0. The number of hydrogen-bond acceptors (Lipinski definition) is 3. The van der Waals surface area contributed by atoms with E-state index in [4.69, 9.17) is 4.42 Å². The van der Waals surface area contributed by atoms with E-state index in [2.05, 4.69) is 32.6 Å². The van der Waals surface area contributed by atoms with Gasteiger partial charge in [0.25, 0.3) is 0 Å². The molecule has 0 aliphatic rings. The van der Waals surface area contributed by atoms with Crippen LogP contribution in [0, 0.1) is 6.92 Å². The molecule has 1 aromatic heterocycles. The fourth-order valence-electron chi connectivity index (χ4n) is 3.21. The molecule has 0 fully saturated rings. The molecule has 1 heterocycles. The van der Waals surface area contributed by atoms with Gasteiger partial charge in [0, 0.05) is 5.39 Å². The van der Waals surface area contributed by atoms with Crippen LogP contribution in [-0.2, 0) is 0 Å². The second-order valence-electron chi connectivity index (χ2n) is 5.93. The van der Waals surface area contributed by atoms with Gasteiger partial charge < -0.3 is 9.52 Å². The summed E-state index contributed by atoms with van der Waals surface area (Å²) in [4.78, 5) is 2.30. The van der Waals surface area contributed by atoms with Crippen LogP contribution in [0.15, 0.2) is 28.7 Å². The number of nitrogens with zero attached hydrogens (tertiary/aromatic N) is 1. The Hall–Kier alpha value is -1.32. The third-order valence-corrected chi connectivity index (χ3v) is 4.82. The van der Waals surface area contributed by atoms with Gasteiger partial charge in [-0.2, -0.15) is 0 Å². The summed E-state index contributed by atoms with van der Waals surface area (Å²) in [5, 5.41) is 12.0. The van der Waals surface area contributed by atoms with E-state index in [0.29, 0.717) is 5.76 Å². The number of likely N-dealkylation sites (N-methyl/N-ethyl adjacent to an activating group) is 1. The maximum absolute atomic E-state index is 10.9. The first-order valence-electron chi connectivity index (χ1n) is 7.90. The minimum atomic E-state index is -0.630. The monoisotopic (exact) mass is 289 g/mol. The van der Waals surface area contributed by atoms with Gasteiger partial charge in [-0.15, -0.1) is 0 Å². The summed E-state index contributed by atoms with van der Waals surface area (Å²) in [5.41, 5.74) is 1.67. The highest BCUT2D eigenvalue weighted by Gasteiger charge is 2.38. The molecule has 0 spiro atoms. The second-order valence-corrected chi connectivity index (χ2v) is 5.93. The van der Waals surface area contributed by atoms with Gasteiger partial charge in [0.05, 0.1) is 5.54 Å². The highest BCUT2D eigenvalue weighted by atomic mass is 16.4. The van der Waals surface area contributed by atoms with E-state index >= 15 is 0 Å². The predicted octanol–water partition coefficient (Wildman–Crippen LogP) is 4.29. The number of aliphatic hydroxyl groups is 1. The second kappa shape index (κ2) is 6.20. The zero-order valence-corrected chi connectivity index (χ0v) is 13.8. The molecule has 2 aromatic rings. The lowest BCUT2D eigenvalue weighted by molar-refractivity contribution is -0.0314. The molecule has 0 saturated carbocycles. The molecule has 0 aliphatic heterocycles. The average Bonchev–Trinajstić information content (AvgIpc) is 2.92. The molecule has 21 heavy (non-hydrogen) atoms. The van der Waals surface area contributed by atoms with Crippen molar-refractivity contribution in [2.75, 3.05) is 13.1 Å². The van der Waals surface area contributed by atoms with E-state index < -0.39 is 6.10 Å². The van der Waals surface area contributed by atoms with Crippen molar-refractivity contribution in [3.63, 3.8) is 0 Å². The molecule has 1 N–H and O–H groups in total. The molecule has 2 rings (SSSR count). The molecular formula is C18H27NO2. The SMILES string of the molecule is CCN(CC)C(C)(CC)C(O)c1cc2cccc(C)c2o1. The Balaban J connectivity index is 2.44. The quantitative estimate of drug-likeness (QED) is 0.862. The number of hydrogen-bond donors (Lipinski definition) is 1. The summed E-state index contributed by atoms with van der Waals surface area (Å²) in [6, 6.07) is 8.06. The number of para-hydroxylation sites is 1. The van der Waals surface area contributed by atoms with Crippen LogP contribution < -0.4 is 0 Å². The summed E-state index contributed by atoms with van der Waals surface area (Å²) in [6.07, 6.45) is 0.237. The van der Waals surface area contributed by atoms with Gasteiger partial charge in [0.2, 0.25) is 0 Å². The summed E-state index contributed by atoms with van der Waals surface area (Å²) >= 11 is 0. The van der Waals surface area contributed by atoms with Gasteiger partial charge in [-0.25, -0.2) is 0 Å². The zero-order valence-electron chi connectivity index (χ0n) is 13.8. The van der Waals surface area contributed by atoms with Crippen molar-refractivity contribution in [3.8, 4) is 0 Å². The number of fused-ring (bicyclic) bond motifs is 1. The van der Waals surface area contributed by atoms with E-state index in [0.717, 1.165) is 36.0 Å². The van der Waals surface area contributed by atoms with E-state index in [1.54, 1.807) is 0 Å². The van der Waals surface area contributed by atoms with E-state index in [9.17, 15) is 5.11 Å². The molecule has 0 bridgehead atoms. The van der Waals surface area contributed by atoms with E-state index in [-0.39, 0.29) is 5.54 Å². The molecule has 0 aliphatic carbocycles. The lowest BCUT2D eigenvalue weighted by Crippen LogP contribution is -2.50. The summed E-state index contributed by atoms with van der Waals surface area (Å²) in [6.45, 7) is 12.4. The van der Waals surface area contributed by atoms with Crippen LogP contribution >= 0.6 is 0 Å². The molecule has 2 unspecified atom stereocenters. The van der Waals surface area contributed by atoms with Crippen LogP contribution in [0.4, 0.5) is 0 Å². The van der Waals surface area contributed by atoms with Crippen molar-refractivity contribution >= 4 is 11.0 Å². The van der Waals surface area contributed by atoms with E-state index in [1.807, 2.05) is 31.2 Å². The van der Waals surface area contributed by atoms with Gasteiger partial charge >= 0.3 is 0 Å². The average molecular weight is 289 g/mol. The largest absolute Gasteiger partial charge is 0.458 e. The third-order valence-electron chi connectivity index (χ3n) is 4.82. The number of benzene rings is 1. The molecule has 1 aromatic carbocycles. The molecular weight excluding hydrogens is 262 g/mol. The highest BCUT2D eigenvalue weighted by Crippen LogP contribution is 2.37. The van der Waals surface area contributed by atoms with Gasteiger partial charge in [-0.3, -0.25) is 4.90 Å². The van der Waals surface area contributed by atoms with E-state index in [1.165, 1.54) is 0 Å². The van der Waals surface area contributed by atoms with Crippen molar-refractivity contribution in [1.29, 1.82) is 0 Å². The van der Waals surface area contributed by atoms with Crippen molar-refractivity contribution < 1.29 is 9.52 Å². The Kier molecular flexibility index (Phi) is 4.74. The molecule has 2 atom stereocenters. The lowest BCUT2D eigenvalue weighted by atomic mass is 9.87. The Bertz CT molecular complexity index is 600. The molecule has 3 nitrogen and oxygen atoms in total. The van der Waals surface area contributed by atoms with Crippen LogP contribution in [0.25, 0.3) is 11.0 Å². The summed E-state index contributed by atoms with van der Waals surface area (Å²) < 4.78 is 5.97. The van der Waals surface area contributed by atoms with Crippen molar-refractivity contribution in [2.24, 2.45) is 0 Å². The first kappa shape index (κ1) is 16.1. The number of furan rings is 1. The topological polar surface area (TPSA) is 36.6 Å². The number of aliphatic hydroxyl groups excluding tert-OH is 1. The first-order valence-corrected chi connectivity index (χ1v) is 7.90. The smallest absolute Gasteiger partial charge is 0.137 e. The lowest BCUT2D eigenvalue weighted by Gasteiger charge is -2.42. The highest BCUT2D eigenvalue weighted by molar-refractivity contribution is 5.81. The molecule has 0 radical (unpaired) electrons. The fraction of sp³-hybridized carbons (Fsp3) is 0.556. The van der Waals surface area contributed by atoms with Crippen LogP contribution in [0.5, 0.6) is 0 Å². The molecule has 0 saturated heterocycles. The van der Waals surface area contributed by atoms with Gasteiger partial charge in [0.15, 0.2) is 0 Å².